The normalized spacial score (nSPS) is 18.0. The van der Waals surface area contributed by atoms with E-state index in [1.165, 1.54) is 18.4 Å². The van der Waals surface area contributed by atoms with Crippen molar-refractivity contribution in [2.24, 2.45) is 0 Å². The number of hydrogen-bond acceptors (Lipinski definition) is 5. The van der Waals surface area contributed by atoms with Crippen LogP contribution in [0, 0.1) is 0 Å². The van der Waals surface area contributed by atoms with Crippen molar-refractivity contribution in [1.82, 2.24) is 39.8 Å². The van der Waals surface area contributed by atoms with E-state index in [4.69, 9.17) is 4.98 Å². The number of likely N-dealkylation sites (tertiary alicyclic amines) is 1. The number of hydrogen-bond donors (Lipinski definition) is 2. The predicted molar refractivity (Wildman–Crippen MR) is 128 cm³/mol. The molecule has 7 rings (SSSR count). The van der Waals surface area contributed by atoms with Gasteiger partial charge in [-0.05, 0) is 81.1 Å². The first-order valence-electron chi connectivity index (χ1n) is 11.8. The van der Waals surface area contributed by atoms with Crippen LogP contribution in [0.3, 0.4) is 0 Å². The molecule has 2 fully saturated rings. The zero-order valence-electron chi connectivity index (χ0n) is 18.6. The minimum atomic E-state index is 0.522. The summed E-state index contributed by atoms with van der Waals surface area (Å²) < 4.78 is 2.09. The van der Waals surface area contributed by atoms with Gasteiger partial charge in [0.05, 0.1) is 17.8 Å². The van der Waals surface area contributed by atoms with Crippen molar-refractivity contribution in [2.45, 2.75) is 37.6 Å². The third kappa shape index (κ3) is 3.24. The Morgan fingerprint density at radius 1 is 1.03 bits per heavy atom. The molecule has 1 saturated heterocycles. The first-order valence-corrected chi connectivity index (χ1v) is 11.8. The van der Waals surface area contributed by atoms with Crippen molar-refractivity contribution in [2.75, 3.05) is 20.1 Å². The van der Waals surface area contributed by atoms with E-state index in [1.54, 1.807) is 0 Å². The van der Waals surface area contributed by atoms with Gasteiger partial charge in [-0.15, -0.1) is 0 Å². The van der Waals surface area contributed by atoms with Gasteiger partial charge in [0.15, 0.2) is 11.5 Å². The lowest BCUT2D eigenvalue weighted by Crippen LogP contribution is -2.29. The molecule has 166 valence electrons. The molecule has 1 saturated carbocycles. The van der Waals surface area contributed by atoms with E-state index in [1.807, 2.05) is 12.4 Å². The van der Waals surface area contributed by atoms with Crippen molar-refractivity contribution in [3.8, 4) is 22.6 Å². The van der Waals surface area contributed by atoms with E-state index in [0.29, 0.717) is 12.0 Å². The molecule has 0 atom stereocenters. The van der Waals surface area contributed by atoms with Crippen LogP contribution < -0.4 is 0 Å². The minimum absolute atomic E-state index is 0.522. The Bertz CT molecular complexity index is 1460. The number of rotatable bonds is 4. The second-order valence-corrected chi connectivity index (χ2v) is 9.53. The molecule has 1 aliphatic carbocycles. The quantitative estimate of drug-likeness (QED) is 0.431. The fourth-order valence-corrected chi connectivity index (χ4v) is 5.09. The number of benzene rings is 1. The topological polar surface area (TPSA) is 91.3 Å². The monoisotopic (exact) mass is 438 g/mol. The maximum atomic E-state index is 5.01. The molecule has 0 spiro atoms. The molecule has 2 aliphatic rings. The summed E-state index contributed by atoms with van der Waals surface area (Å²) in [5, 5.41) is 13.4. The number of imidazole rings is 1. The average Bonchev–Trinajstić information content (AvgIpc) is 3.23. The van der Waals surface area contributed by atoms with Gasteiger partial charge in [-0.1, -0.05) is 6.07 Å². The van der Waals surface area contributed by atoms with E-state index < -0.39 is 0 Å². The maximum Gasteiger partial charge on any atom is 0.160 e. The number of aromatic amines is 2. The van der Waals surface area contributed by atoms with Crippen LogP contribution in [-0.2, 0) is 0 Å². The molecule has 5 aromatic rings. The third-order valence-corrected chi connectivity index (χ3v) is 7.22. The zero-order chi connectivity index (χ0) is 21.9. The highest BCUT2D eigenvalue weighted by atomic mass is 15.3. The van der Waals surface area contributed by atoms with Crippen molar-refractivity contribution < 1.29 is 0 Å². The Hall–Kier alpha value is -3.52. The number of fused-ring (bicyclic) bond motifs is 2. The van der Waals surface area contributed by atoms with Gasteiger partial charge in [0.25, 0.3) is 0 Å². The Kier molecular flexibility index (Phi) is 4.17. The SMILES string of the molecule is CN1CCC(c2ccnc3[nH]c(-c4n[nH]c5ccc(-c6cnn(C7CC7)c6)cc45)nc23)CC1. The zero-order valence-corrected chi connectivity index (χ0v) is 18.6. The Morgan fingerprint density at radius 2 is 1.91 bits per heavy atom. The summed E-state index contributed by atoms with van der Waals surface area (Å²) in [7, 11) is 2.19. The highest BCUT2D eigenvalue weighted by Gasteiger charge is 2.25. The molecule has 8 nitrogen and oxygen atoms in total. The Labute approximate surface area is 191 Å². The number of H-pyrrole nitrogens is 2. The van der Waals surface area contributed by atoms with Crippen LogP contribution in [0.2, 0.25) is 0 Å². The molecule has 0 amide bonds. The summed E-state index contributed by atoms with van der Waals surface area (Å²) in [5.41, 5.74) is 7.19. The van der Waals surface area contributed by atoms with Crippen molar-refractivity contribution in [3.05, 3.63) is 48.4 Å². The second-order valence-electron chi connectivity index (χ2n) is 9.53. The van der Waals surface area contributed by atoms with Crippen molar-refractivity contribution in [3.63, 3.8) is 0 Å². The largest absolute Gasteiger partial charge is 0.321 e. The van der Waals surface area contributed by atoms with Gasteiger partial charge < -0.3 is 9.88 Å². The summed E-state index contributed by atoms with van der Waals surface area (Å²) in [5.74, 6) is 1.28. The first kappa shape index (κ1) is 19.0. The summed E-state index contributed by atoms with van der Waals surface area (Å²) in [4.78, 5) is 15.4. The minimum Gasteiger partial charge on any atom is -0.321 e. The number of pyridine rings is 1. The first-order chi connectivity index (χ1) is 16.2. The number of aromatic nitrogens is 7. The third-order valence-electron chi connectivity index (χ3n) is 7.22. The van der Waals surface area contributed by atoms with Crippen LogP contribution in [0.25, 0.3) is 44.7 Å². The Morgan fingerprint density at radius 3 is 2.76 bits per heavy atom. The van der Waals surface area contributed by atoms with E-state index in [0.717, 1.165) is 70.6 Å². The lowest BCUT2D eigenvalue weighted by molar-refractivity contribution is 0.256. The highest BCUT2D eigenvalue weighted by molar-refractivity contribution is 5.95. The summed E-state index contributed by atoms with van der Waals surface area (Å²) >= 11 is 0. The van der Waals surface area contributed by atoms with Gasteiger partial charge >= 0.3 is 0 Å². The van der Waals surface area contributed by atoms with Gasteiger partial charge in [-0.25, -0.2) is 9.97 Å². The van der Waals surface area contributed by atoms with Gasteiger partial charge in [-0.2, -0.15) is 10.2 Å². The fraction of sp³-hybridized carbons (Fsp3) is 0.360. The van der Waals surface area contributed by atoms with E-state index in [-0.39, 0.29) is 0 Å². The molecule has 0 bridgehead atoms. The van der Waals surface area contributed by atoms with Gasteiger partial charge in [0.1, 0.15) is 11.2 Å². The molecule has 2 N–H and O–H groups in total. The maximum absolute atomic E-state index is 5.01. The van der Waals surface area contributed by atoms with Crippen molar-refractivity contribution >= 4 is 22.1 Å². The number of nitrogens with one attached hydrogen (secondary N) is 2. The molecule has 5 heterocycles. The molecule has 4 aromatic heterocycles. The van der Waals surface area contributed by atoms with E-state index in [9.17, 15) is 0 Å². The van der Waals surface area contributed by atoms with Crippen LogP contribution >= 0.6 is 0 Å². The summed E-state index contributed by atoms with van der Waals surface area (Å²) in [6, 6.07) is 9.10. The van der Waals surface area contributed by atoms with E-state index in [2.05, 4.69) is 72.4 Å². The summed E-state index contributed by atoms with van der Waals surface area (Å²) in [6.07, 6.45) is 10.8. The molecule has 8 heteroatoms. The van der Waals surface area contributed by atoms with Gasteiger partial charge in [0, 0.05) is 23.3 Å². The summed E-state index contributed by atoms with van der Waals surface area (Å²) in [6.45, 7) is 2.24. The smallest absolute Gasteiger partial charge is 0.160 e. The second kappa shape index (κ2) is 7.25. The molecule has 0 unspecified atom stereocenters. The molecule has 0 radical (unpaired) electrons. The van der Waals surface area contributed by atoms with Crippen LogP contribution in [0.4, 0.5) is 0 Å². The van der Waals surface area contributed by atoms with Crippen LogP contribution in [0.1, 0.15) is 43.2 Å². The predicted octanol–water partition coefficient (Wildman–Crippen LogP) is 4.51. The fourth-order valence-electron chi connectivity index (χ4n) is 5.09. The molecular formula is C25H26N8. The van der Waals surface area contributed by atoms with Crippen LogP contribution in [-0.4, -0.2) is 60.0 Å². The molecular weight excluding hydrogens is 412 g/mol. The van der Waals surface area contributed by atoms with Crippen molar-refractivity contribution in [1.29, 1.82) is 0 Å². The molecule has 1 aliphatic heterocycles. The highest BCUT2D eigenvalue weighted by Crippen LogP contribution is 2.37. The average molecular weight is 439 g/mol. The molecule has 1 aromatic carbocycles. The lowest BCUT2D eigenvalue weighted by atomic mass is 9.89. The van der Waals surface area contributed by atoms with E-state index >= 15 is 0 Å². The lowest BCUT2D eigenvalue weighted by Gasteiger charge is -2.29. The van der Waals surface area contributed by atoms with Crippen LogP contribution in [0.5, 0.6) is 0 Å². The number of piperidine rings is 1. The standard InChI is InChI=1S/C25H26N8/c1-32-10-7-15(8-11-32)19-6-9-26-24-22(19)28-25(29-24)23-20-12-16(2-5-21(20)30-31-23)17-13-27-33(14-17)18-3-4-18/h2,5-6,9,12-15,18H,3-4,7-8,10-11H2,1H3,(H,30,31)(H,26,28,29). The van der Waals surface area contributed by atoms with Crippen LogP contribution in [0.15, 0.2) is 42.9 Å². The van der Waals surface area contributed by atoms with Gasteiger partial charge in [-0.3, -0.25) is 9.78 Å². The molecule has 33 heavy (non-hydrogen) atoms. The Balaban J connectivity index is 1.29. The number of nitrogens with zero attached hydrogens (tertiary/aromatic N) is 6. The van der Waals surface area contributed by atoms with Gasteiger partial charge in [0.2, 0.25) is 0 Å².